The van der Waals surface area contributed by atoms with Crippen molar-refractivity contribution in [1.29, 1.82) is 0 Å². The summed E-state index contributed by atoms with van der Waals surface area (Å²) in [5.74, 6) is -0.454. The SMILES string of the molecule is C[C@@H](NC(=O)c1cc(Cl)ccc1I)C(=O)N(C)C. The lowest BCUT2D eigenvalue weighted by Gasteiger charge is -2.18. The van der Waals surface area contributed by atoms with Gasteiger partial charge in [-0.2, -0.15) is 0 Å². The Bertz CT molecular complexity index is 477. The van der Waals surface area contributed by atoms with Gasteiger partial charge in [-0.15, -0.1) is 0 Å². The number of hydrogen-bond donors (Lipinski definition) is 1. The number of hydrogen-bond acceptors (Lipinski definition) is 2. The summed E-state index contributed by atoms with van der Waals surface area (Å²) in [4.78, 5) is 25.1. The van der Waals surface area contributed by atoms with Crippen LogP contribution in [0.1, 0.15) is 17.3 Å². The minimum Gasteiger partial charge on any atom is -0.347 e. The van der Waals surface area contributed by atoms with E-state index in [0.29, 0.717) is 10.6 Å². The van der Waals surface area contributed by atoms with E-state index < -0.39 is 6.04 Å². The molecule has 1 rings (SSSR count). The molecule has 0 aliphatic heterocycles. The second kappa shape index (κ2) is 6.38. The van der Waals surface area contributed by atoms with Crippen molar-refractivity contribution in [3.63, 3.8) is 0 Å². The monoisotopic (exact) mass is 380 g/mol. The number of nitrogens with zero attached hydrogens (tertiary/aromatic N) is 1. The van der Waals surface area contributed by atoms with Crippen LogP contribution in [0, 0.1) is 3.57 Å². The average Bonchev–Trinajstić information content (AvgIpc) is 2.30. The summed E-state index contributed by atoms with van der Waals surface area (Å²) in [6.45, 7) is 1.65. The van der Waals surface area contributed by atoms with Crippen LogP contribution in [-0.4, -0.2) is 36.9 Å². The van der Waals surface area contributed by atoms with Crippen molar-refractivity contribution < 1.29 is 9.59 Å². The van der Waals surface area contributed by atoms with E-state index in [1.165, 1.54) is 4.90 Å². The quantitative estimate of drug-likeness (QED) is 0.817. The maximum Gasteiger partial charge on any atom is 0.253 e. The molecule has 0 radical (unpaired) electrons. The Kier molecular flexibility index (Phi) is 5.40. The minimum atomic E-state index is -0.567. The second-order valence-corrected chi connectivity index (χ2v) is 5.65. The molecule has 6 heteroatoms. The first-order chi connectivity index (χ1) is 8.32. The average molecular weight is 381 g/mol. The van der Waals surface area contributed by atoms with Gasteiger partial charge in [0.15, 0.2) is 0 Å². The molecule has 0 saturated heterocycles. The number of rotatable bonds is 3. The molecule has 98 valence electrons. The van der Waals surface area contributed by atoms with Crippen LogP contribution in [0.2, 0.25) is 5.02 Å². The van der Waals surface area contributed by atoms with Crippen molar-refractivity contribution in [3.8, 4) is 0 Å². The third kappa shape index (κ3) is 3.84. The first-order valence-electron chi connectivity index (χ1n) is 5.30. The molecule has 2 amide bonds. The molecule has 0 aromatic heterocycles. The van der Waals surface area contributed by atoms with Gasteiger partial charge >= 0.3 is 0 Å². The molecule has 1 atom stereocenters. The first-order valence-corrected chi connectivity index (χ1v) is 6.75. The number of benzene rings is 1. The molecule has 0 unspecified atom stereocenters. The molecule has 4 nitrogen and oxygen atoms in total. The predicted molar refractivity (Wildman–Crippen MR) is 79.8 cm³/mol. The van der Waals surface area contributed by atoms with Crippen molar-refractivity contribution in [3.05, 3.63) is 32.4 Å². The van der Waals surface area contributed by atoms with E-state index in [0.717, 1.165) is 3.57 Å². The lowest BCUT2D eigenvalue weighted by Crippen LogP contribution is -2.44. The van der Waals surface area contributed by atoms with Gasteiger partial charge in [0.05, 0.1) is 5.56 Å². The van der Waals surface area contributed by atoms with Gasteiger partial charge < -0.3 is 10.2 Å². The first kappa shape index (κ1) is 15.2. The van der Waals surface area contributed by atoms with E-state index >= 15 is 0 Å². The maximum absolute atomic E-state index is 12.0. The van der Waals surface area contributed by atoms with E-state index in [-0.39, 0.29) is 11.8 Å². The zero-order chi connectivity index (χ0) is 13.9. The predicted octanol–water partition coefficient (Wildman–Crippen LogP) is 2.15. The normalized spacial score (nSPS) is 11.8. The number of amides is 2. The summed E-state index contributed by atoms with van der Waals surface area (Å²) in [5.41, 5.74) is 0.474. The molecular formula is C12H14ClIN2O2. The topological polar surface area (TPSA) is 49.4 Å². The Morgan fingerprint density at radius 3 is 2.56 bits per heavy atom. The fourth-order valence-corrected chi connectivity index (χ4v) is 2.15. The van der Waals surface area contributed by atoms with Crippen molar-refractivity contribution in [2.45, 2.75) is 13.0 Å². The Morgan fingerprint density at radius 1 is 1.39 bits per heavy atom. The zero-order valence-electron chi connectivity index (χ0n) is 10.3. The van der Waals surface area contributed by atoms with E-state index in [4.69, 9.17) is 11.6 Å². The van der Waals surface area contributed by atoms with Crippen molar-refractivity contribution in [1.82, 2.24) is 10.2 Å². The lowest BCUT2D eigenvalue weighted by molar-refractivity contribution is -0.130. The number of carbonyl (C=O) groups excluding carboxylic acids is 2. The van der Waals surface area contributed by atoms with Crippen LogP contribution in [0.3, 0.4) is 0 Å². The molecule has 1 N–H and O–H groups in total. The molecular weight excluding hydrogens is 367 g/mol. The smallest absolute Gasteiger partial charge is 0.253 e. The van der Waals surface area contributed by atoms with E-state index in [1.807, 2.05) is 0 Å². The Morgan fingerprint density at radius 2 is 2.00 bits per heavy atom. The van der Waals surface area contributed by atoms with Crippen molar-refractivity contribution in [2.75, 3.05) is 14.1 Å². The second-order valence-electron chi connectivity index (χ2n) is 4.05. The van der Waals surface area contributed by atoms with Gasteiger partial charge in [0, 0.05) is 22.7 Å². The standard InChI is InChI=1S/C12H14ClIN2O2/c1-7(12(18)16(2)3)15-11(17)9-6-8(13)4-5-10(9)14/h4-7H,1-3H3,(H,15,17)/t7-/m1/s1. The summed E-state index contributed by atoms with van der Waals surface area (Å²) in [7, 11) is 3.29. The summed E-state index contributed by atoms with van der Waals surface area (Å²) in [6.07, 6.45) is 0. The van der Waals surface area contributed by atoms with Crippen LogP contribution in [0.15, 0.2) is 18.2 Å². The zero-order valence-corrected chi connectivity index (χ0v) is 13.2. The molecule has 0 aliphatic rings. The van der Waals surface area contributed by atoms with Crippen LogP contribution in [-0.2, 0) is 4.79 Å². The van der Waals surface area contributed by atoms with Crippen LogP contribution in [0.5, 0.6) is 0 Å². The van der Waals surface area contributed by atoms with Crippen LogP contribution in [0.25, 0.3) is 0 Å². The molecule has 1 aromatic rings. The van der Waals surface area contributed by atoms with Crippen LogP contribution in [0.4, 0.5) is 0 Å². The molecule has 0 spiro atoms. The van der Waals surface area contributed by atoms with E-state index in [1.54, 1.807) is 39.2 Å². The summed E-state index contributed by atoms with van der Waals surface area (Å²) in [6, 6.07) is 4.50. The highest BCUT2D eigenvalue weighted by Crippen LogP contribution is 2.17. The highest BCUT2D eigenvalue weighted by atomic mass is 127. The molecule has 0 fully saturated rings. The molecule has 0 bridgehead atoms. The van der Waals surface area contributed by atoms with Gasteiger partial charge in [-0.1, -0.05) is 11.6 Å². The van der Waals surface area contributed by atoms with Gasteiger partial charge in [0.2, 0.25) is 5.91 Å². The Hall–Kier alpha value is -0.820. The molecule has 0 heterocycles. The third-order valence-corrected chi connectivity index (χ3v) is 3.51. The Labute approximate surface area is 125 Å². The maximum atomic E-state index is 12.0. The van der Waals surface area contributed by atoms with Crippen LogP contribution < -0.4 is 5.32 Å². The van der Waals surface area contributed by atoms with Gasteiger partial charge in [0.25, 0.3) is 5.91 Å². The fraction of sp³-hybridized carbons (Fsp3) is 0.333. The fourth-order valence-electron chi connectivity index (χ4n) is 1.39. The van der Waals surface area contributed by atoms with Gasteiger partial charge in [-0.25, -0.2) is 0 Å². The lowest BCUT2D eigenvalue weighted by atomic mass is 10.2. The number of carbonyl (C=O) groups is 2. The molecule has 1 aromatic carbocycles. The van der Waals surface area contributed by atoms with Gasteiger partial charge in [-0.05, 0) is 47.7 Å². The Balaban J connectivity index is 2.83. The highest BCUT2D eigenvalue weighted by molar-refractivity contribution is 14.1. The number of likely N-dealkylation sites (N-methyl/N-ethyl adjacent to an activating group) is 1. The number of nitrogens with one attached hydrogen (secondary N) is 1. The summed E-state index contributed by atoms with van der Waals surface area (Å²) < 4.78 is 0.791. The van der Waals surface area contributed by atoms with Crippen molar-refractivity contribution in [2.24, 2.45) is 0 Å². The van der Waals surface area contributed by atoms with Gasteiger partial charge in [0.1, 0.15) is 6.04 Å². The largest absolute Gasteiger partial charge is 0.347 e. The molecule has 0 aliphatic carbocycles. The van der Waals surface area contributed by atoms with Crippen LogP contribution >= 0.6 is 34.2 Å². The minimum absolute atomic E-state index is 0.152. The van der Waals surface area contributed by atoms with Crippen molar-refractivity contribution >= 4 is 46.0 Å². The van der Waals surface area contributed by atoms with E-state index in [9.17, 15) is 9.59 Å². The molecule has 0 saturated carbocycles. The highest BCUT2D eigenvalue weighted by Gasteiger charge is 2.19. The summed E-state index contributed by atoms with van der Waals surface area (Å²) >= 11 is 7.91. The molecule has 18 heavy (non-hydrogen) atoms. The summed E-state index contributed by atoms with van der Waals surface area (Å²) in [5, 5.41) is 3.14. The van der Waals surface area contributed by atoms with E-state index in [2.05, 4.69) is 27.9 Å². The van der Waals surface area contributed by atoms with Gasteiger partial charge in [-0.3, -0.25) is 9.59 Å². The third-order valence-electron chi connectivity index (χ3n) is 2.33. The number of halogens is 2.